The number of aromatic nitrogens is 2. The van der Waals surface area contributed by atoms with Gasteiger partial charge in [0, 0.05) is 12.1 Å². The summed E-state index contributed by atoms with van der Waals surface area (Å²) in [5.74, 6) is 1.36. The Balaban J connectivity index is 1.99. The number of nitrogens with one attached hydrogen (secondary N) is 1. The molecule has 1 fully saturated rings. The highest BCUT2D eigenvalue weighted by atomic mass is 15.0. The molecule has 1 atom stereocenters. The van der Waals surface area contributed by atoms with Crippen LogP contribution in [0.15, 0.2) is 12.4 Å². The number of hydrogen-bond donors (Lipinski definition) is 2. The van der Waals surface area contributed by atoms with E-state index in [9.17, 15) is 0 Å². The number of nitrogen functional groups attached to an aromatic ring is 1. The summed E-state index contributed by atoms with van der Waals surface area (Å²) < 4.78 is 0. The molecular weight excluding hydrogens is 200 g/mol. The van der Waals surface area contributed by atoms with Crippen LogP contribution >= 0.6 is 0 Å². The molecule has 0 aromatic carbocycles. The van der Waals surface area contributed by atoms with Crippen molar-refractivity contribution in [3.8, 4) is 0 Å². The van der Waals surface area contributed by atoms with Gasteiger partial charge < -0.3 is 11.1 Å². The van der Waals surface area contributed by atoms with E-state index in [2.05, 4.69) is 29.1 Å². The Morgan fingerprint density at radius 3 is 2.94 bits per heavy atom. The monoisotopic (exact) mass is 220 g/mol. The Hall–Kier alpha value is -1.32. The Kier molecular flexibility index (Phi) is 2.99. The summed E-state index contributed by atoms with van der Waals surface area (Å²) >= 11 is 0. The molecule has 1 aliphatic carbocycles. The van der Waals surface area contributed by atoms with Crippen LogP contribution in [0.25, 0.3) is 0 Å². The summed E-state index contributed by atoms with van der Waals surface area (Å²) in [7, 11) is 0. The highest BCUT2D eigenvalue weighted by Gasteiger charge is 2.27. The quantitative estimate of drug-likeness (QED) is 0.803. The maximum Gasteiger partial charge on any atom is 0.131 e. The van der Waals surface area contributed by atoms with Gasteiger partial charge in [0.15, 0.2) is 0 Å². The standard InChI is InChI=1S/C12H20N4/c1-12(2)5-3-4-9(7-12)16-11-6-10(13)14-8-15-11/h6,8-9H,3-5,7H2,1-2H3,(H3,13,14,15,16). The molecule has 0 radical (unpaired) electrons. The van der Waals surface area contributed by atoms with Crippen molar-refractivity contribution in [3.63, 3.8) is 0 Å². The molecule has 4 heteroatoms. The summed E-state index contributed by atoms with van der Waals surface area (Å²) in [6.45, 7) is 4.66. The van der Waals surface area contributed by atoms with Crippen molar-refractivity contribution >= 4 is 11.6 Å². The van der Waals surface area contributed by atoms with Crippen molar-refractivity contribution in [1.82, 2.24) is 9.97 Å². The second kappa shape index (κ2) is 4.28. The van der Waals surface area contributed by atoms with Crippen LogP contribution in [-0.2, 0) is 0 Å². The second-order valence-corrected chi connectivity index (χ2v) is 5.43. The average molecular weight is 220 g/mol. The van der Waals surface area contributed by atoms with Crippen molar-refractivity contribution in [2.45, 2.75) is 45.6 Å². The Bertz CT molecular complexity index is 362. The van der Waals surface area contributed by atoms with Crippen molar-refractivity contribution in [2.24, 2.45) is 5.41 Å². The molecule has 88 valence electrons. The molecule has 0 aliphatic heterocycles. The van der Waals surface area contributed by atoms with Crippen molar-refractivity contribution in [3.05, 3.63) is 12.4 Å². The Labute approximate surface area is 96.7 Å². The van der Waals surface area contributed by atoms with E-state index in [1.54, 1.807) is 6.07 Å². The Morgan fingerprint density at radius 1 is 1.44 bits per heavy atom. The molecule has 1 unspecified atom stereocenters. The van der Waals surface area contributed by atoms with E-state index in [0.717, 1.165) is 5.82 Å². The fraction of sp³-hybridized carbons (Fsp3) is 0.667. The zero-order valence-electron chi connectivity index (χ0n) is 10.0. The molecule has 1 heterocycles. The van der Waals surface area contributed by atoms with Crippen LogP contribution in [0.5, 0.6) is 0 Å². The molecule has 1 saturated carbocycles. The minimum atomic E-state index is 0.439. The maximum atomic E-state index is 5.63. The van der Waals surface area contributed by atoms with Crippen molar-refractivity contribution in [2.75, 3.05) is 11.1 Å². The maximum absolute atomic E-state index is 5.63. The second-order valence-electron chi connectivity index (χ2n) is 5.43. The van der Waals surface area contributed by atoms with Crippen LogP contribution in [0.4, 0.5) is 11.6 Å². The van der Waals surface area contributed by atoms with Gasteiger partial charge in [0.1, 0.15) is 18.0 Å². The van der Waals surface area contributed by atoms with Gasteiger partial charge in [-0.2, -0.15) is 0 Å². The average Bonchev–Trinajstić information content (AvgIpc) is 2.15. The third-order valence-corrected chi connectivity index (χ3v) is 3.25. The van der Waals surface area contributed by atoms with Gasteiger partial charge in [-0.1, -0.05) is 20.3 Å². The first kappa shape index (κ1) is 11.2. The van der Waals surface area contributed by atoms with Gasteiger partial charge in [-0.3, -0.25) is 0 Å². The van der Waals surface area contributed by atoms with E-state index in [4.69, 9.17) is 5.73 Å². The van der Waals surface area contributed by atoms with Gasteiger partial charge in [0.05, 0.1) is 0 Å². The lowest BCUT2D eigenvalue weighted by Crippen LogP contribution is -2.32. The van der Waals surface area contributed by atoms with E-state index in [1.807, 2.05) is 0 Å². The van der Waals surface area contributed by atoms with E-state index >= 15 is 0 Å². The molecular formula is C12H20N4. The van der Waals surface area contributed by atoms with Gasteiger partial charge in [-0.15, -0.1) is 0 Å². The summed E-state index contributed by atoms with van der Waals surface area (Å²) in [5, 5.41) is 3.45. The summed E-state index contributed by atoms with van der Waals surface area (Å²) in [6, 6.07) is 2.31. The molecule has 1 aromatic heterocycles. The van der Waals surface area contributed by atoms with Crippen LogP contribution in [-0.4, -0.2) is 16.0 Å². The van der Waals surface area contributed by atoms with Gasteiger partial charge in [0.25, 0.3) is 0 Å². The fourth-order valence-electron chi connectivity index (χ4n) is 2.48. The van der Waals surface area contributed by atoms with E-state index in [1.165, 1.54) is 32.0 Å². The SMILES string of the molecule is CC1(C)CCCC(Nc2cc(N)ncn2)C1. The zero-order valence-corrected chi connectivity index (χ0v) is 10.0. The van der Waals surface area contributed by atoms with Crippen LogP contribution in [0.3, 0.4) is 0 Å². The third kappa shape index (κ3) is 2.84. The van der Waals surface area contributed by atoms with Gasteiger partial charge in [-0.05, 0) is 24.7 Å². The topological polar surface area (TPSA) is 63.8 Å². The van der Waals surface area contributed by atoms with E-state index in [0.29, 0.717) is 17.3 Å². The number of nitrogens with zero attached hydrogens (tertiary/aromatic N) is 2. The number of hydrogen-bond acceptors (Lipinski definition) is 4. The number of nitrogens with two attached hydrogens (primary N) is 1. The molecule has 0 saturated heterocycles. The highest BCUT2D eigenvalue weighted by molar-refractivity contribution is 5.43. The van der Waals surface area contributed by atoms with Crippen molar-refractivity contribution < 1.29 is 0 Å². The van der Waals surface area contributed by atoms with Crippen LogP contribution in [0.1, 0.15) is 39.5 Å². The first-order valence-electron chi connectivity index (χ1n) is 5.89. The Morgan fingerprint density at radius 2 is 2.25 bits per heavy atom. The lowest BCUT2D eigenvalue weighted by atomic mass is 9.75. The first-order valence-corrected chi connectivity index (χ1v) is 5.89. The highest BCUT2D eigenvalue weighted by Crippen LogP contribution is 2.36. The third-order valence-electron chi connectivity index (χ3n) is 3.25. The summed E-state index contributed by atoms with van der Waals surface area (Å²) in [5.41, 5.74) is 6.06. The van der Waals surface area contributed by atoms with Crippen molar-refractivity contribution in [1.29, 1.82) is 0 Å². The lowest BCUT2D eigenvalue weighted by Gasteiger charge is -2.35. The zero-order chi connectivity index (χ0) is 11.6. The van der Waals surface area contributed by atoms with Crippen LogP contribution < -0.4 is 11.1 Å². The van der Waals surface area contributed by atoms with Crippen LogP contribution in [0.2, 0.25) is 0 Å². The number of anilines is 2. The molecule has 2 rings (SSSR count). The molecule has 0 amide bonds. The molecule has 3 N–H and O–H groups in total. The fourth-order valence-corrected chi connectivity index (χ4v) is 2.48. The normalized spacial score (nSPS) is 24.0. The molecule has 0 spiro atoms. The minimum absolute atomic E-state index is 0.439. The molecule has 0 bridgehead atoms. The predicted octanol–water partition coefficient (Wildman–Crippen LogP) is 2.44. The van der Waals surface area contributed by atoms with Gasteiger partial charge in [-0.25, -0.2) is 9.97 Å². The minimum Gasteiger partial charge on any atom is -0.384 e. The first-order chi connectivity index (χ1) is 7.55. The van der Waals surface area contributed by atoms with Gasteiger partial charge in [0.2, 0.25) is 0 Å². The summed E-state index contributed by atoms with van der Waals surface area (Å²) in [4.78, 5) is 8.07. The smallest absolute Gasteiger partial charge is 0.131 e. The lowest BCUT2D eigenvalue weighted by molar-refractivity contribution is 0.229. The summed E-state index contributed by atoms with van der Waals surface area (Å²) in [6.07, 6.45) is 6.51. The molecule has 4 nitrogen and oxygen atoms in total. The molecule has 16 heavy (non-hydrogen) atoms. The molecule has 1 aliphatic rings. The predicted molar refractivity (Wildman–Crippen MR) is 66.1 cm³/mol. The van der Waals surface area contributed by atoms with E-state index < -0.39 is 0 Å². The van der Waals surface area contributed by atoms with Gasteiger partial charge >= 0.3 is 0 Å². The number of rotatable bonds is 2. The molecule has 1 aromatic rings. The van der Waals surface area contributed by atoms with E-state index in [-0.39, 0.29) is 0 Å². The largest absolute Gasteiger partial charge is 0.384 e. The van der Waals surface area contributed by atoms with Crippen LogP contribution in [0, 0.1) is 5.41 Å².